The van der Waals surface area contributed by atoms with E-state index in [1.165, 1.54) is 58.6 Å². The summed E-state index contributed by atoms with van der Waals surface area (Å²) in [5, 5.41) is 2.91. The van der Waals surface area contributed by atoms with Gasteiger partial charge in [0.15, 0.2) is 11.5 Å². The predicted molar refractivity (Wildman–Crippen MR) is 125 cm³/mol. The van der Waals surface area contributed by atoms with Gasteiger partial charge in [-0.1, -0.05) is 25.4 Å². The van der Waals surface area contributed by atoms with Gasteiger partial charge in [-0.2, -0.15) is 0 Å². The highest BCUT2D eigenvalue weighted by Crippen LogP contribution is 2.37. The van der Waals surface area contributed by atoms with Gasteiger partial charge in [0.2, 0.25) is 10.0 Å². The van der Waals surface area contributed by atoms with Crippen LogP contribution in [0.2, 0.25) is 5.02 Å². The van der Waals surface area contributed by atoms with Crippen molar-refractivity contribution in [3.63, 3.8) is 0 Å². The molecule has 0 fully saturated rings. The van der Waals surface area contributed by atoms with E-state index in [0.717, 1.165) is 10.7 Å². The molecule has 1 amide bonds. The molecule has 2 aromatic carbocycles. The topological polar surface area (TPSA) is 94.2 Å². The van der Waals surface area contributed by atoms with Crippen LogP contribution in [0.3, 0.4) is 0 Å². The molecule has 0 saturated carbocycles. The predicted octanol–water partition coefficient (Wildman–Crippen LogP) is 4.28. The molecule has 176 valence electrons. The monoisotopic (exact) mass is 484 g/mol. The summed E-state index contributed by atoms with van der Waals surface area (Å²) < 4.78 is 42.4. The van der Waals surface area contributed by atoms with Gasteiger partial charge in [-0.3, -0.25) is 4.79 Å². The Morgan fingerprint density at radius 3 is 2.31 bits per heavy atom. The van der Waals surface area contributed by atoms with E-state index in [1.54, 1.807) is 0 Å². The van der Waals surface area contributed by atoms with Crippen molar-refractivity contribution in [2.45, 2.75) is 25.2 Å². The summed E-state index contributed by atoms with van der Waals surface area (Å²) in [6.45, 7) is 4.63. The maximum absolute atomic E-state index is 12.9. The van der Waals surface area contributed by atoms with E-state index >= 15 is 0 Å². The quantitative estimate of drug-likeness (QED) is 0.540. The van der Waals surface area contributed by atoms with Crippen LogP contribution in [0.4, 0.5) is 5.69 Å². The number of nitrogens with one attached hydrogen (secondary N) is 1. The Hall–Kier alpha value is -2.49. The first kappa shape index (κ1) is 25.8. The third kappa shape index (κ3) is 6.05. The van der Waals surface area contributed by atoms with E-state index in [0.29, 0.717) is 29.8 Å². The summed E-state index contributed by atoms with van der Waals surface area (Å²) in [7, 11) is 2.05. The van der Waals surface area contributed by atoms with Crippen LogP contribution >= 0.6 is 11.6 Å². The number of rotatable bonds is 10. The lowest BCUT2D eigenvalue weighted by molar-refractivity contribution is 0.102. The van der Waals surface area contributed by atoms with Gasteiger partial charge in [0.05, 0.1) is 36.4 Å². The van der Waals surface area contributed by atoms with E-state index in [9.17, 15) is 13.2 Å². The van der Waals surface area contributed by atoms with Crippen molar-refractivity contribution in [1.29, 1.82) is 0 Å². The molecule has 0 aliphatic rings. The zero-order valence-electron chi connectivity index (χ0n) is 19.1. The molecule has 0 aliphatic carbocycles. The summed E-state index contributed by atoms with van der Waals surface area (Å²) in [6, 6.07) is 7.21. The summed E-state index contributed by atoms with van der Waals surface area (Å²) in [5.41, 5.74) is 0.416. The molecular formula is C22H29ClN2O6S. The first-order valence-corrected chi connectivity index (χ1v) is 11.7. The minimum Gasteiger partial charge on any atom is -0.495 e. The molecule has 8 nitrogen and oxygen atoms in total. The minimum absolute atomic E-state index is 0.0168. The Kier molecular flexibility index (Phi) is 8.77. The Labute approximate surface area is 194 Å². The molecule has 0 radical (unpaired) electrons. The van der Waals surface area contributed by atoms with E-state index in [-0.39, 0.29) is 21.2 Å². The number of carbonyl (C=O) groups is 1. The average molecular weight is 485 g/mol. The van der Waals surface area contributed by atoms with Gasteiger partial charge in [-0.05, 0) is 42.7 Å². The molecular weight excluding hydrogens is 456 g/mol. The van der Waals surface area contributed by atoms with Crippen molar-refractivity contribution >= 4 is 33.2 Å². The molecule has 2 aromatic rings. The lowest BCUT2D eigenvalue weighted by atomic mass is 10.1. The second-order valence-corrected chi connectivity index (χ2v) is 10.2. The van der Waals surface area contributed by atoms with Gasteiger partial charge in [0.25, 0.3) is 5.91 Å². The summed E-state index contributed by atoms with van der Waals surface area (Å²) in [6.07, 6.45) is 0.841. The van der Waals surface area contributed by atoms with Crippen LogP contribution in [-0.2, 0) is 10.0 Å². The SMILES string of the molecule is COc1ccc(S(=O)(=O)N(C)C)cc1NC(=O)c1cc(Cl)c(OCCC(C)C)c(OC)c1. The smallest absolute Gasteiger partial charge is 0.255 e. The van der Waals surface area contributed by atoms with Crippen LogP contribution < -0.4 is 19.5 Å². The first-order chi connectivity index (χ1) is 15.0. The number of hydrogen-bond acceptors (Lipinski definition) is 6. The van der Waals surface area contributed by atoms with Crippen molar-refractivity contribution in [3.05, 3.63) is 40.9 Å². The average Bonchev–Trinajstić information content (AvgIpc) is 2.73. The minimum atomic E-state index is -3.69. The largest absolute Gasteiger partial charge is 0.495 e. The zero-order chi connectivity index (χ0) is 24.1. The molecule has 32 heavy (non-hydrogen) atoms. The van der Waals surface area contributed by atoms with Crippen LogP contribution in [0.1, 0.15) is 30.6 Å². The summed E-state index contributed by atoms with van der Waals surface area (Å²) in [5.74, 6) is 0.941. The number of nitrogens with zero attached hydrogens (tertiary/aromatic N) is 1. The highest BCUT2D eigenvalue weighted by molar-refractivity contribution is 7.89. The van der Waals surface area contributed by atoms with Crippen LogP contribution in [0.25, 0.3) is 0 Å². The number of halogens is 1. The van der Waals surface area contributed by atoms with Gasteiger partial charge in [0.1, 0.15) is 5.75 Å². The number of benzene rings is 2. The molecule has 0 atom stereocenters. The van der Waals surface area contributed by atoms with Gasteiger partial charge >= 0.3 is 0 Å². The Balaban J connectivity index is 2.35. The highest BCUT2D eigenvalue weighted by Gasteiger charge is 2.21. The lowest BCUT2D eigenvalue weighted by Gasteiger charge is -2.16. The van der Waals surface area contributed by atoms with E-state index < -0.39 is 15.9 Å². The maximum atomic E-state index is 12.9. The molecule has 0 aromatic heterocycles. The van der Waals surface area contributed by atoms with Crippen LogP contribution in [-0.4, -0.2) is 53.6 Å². The number of anilines is 1. The van der Waals surface area contributed by atoms with Crippen LogP contribution in [0, 0.1) is 5.92 Å². The second kappa shape index (κ2) is 10.9. The Morgan fingerprint density at radius 2 is 1.75 bits per heavy atom. The van der Waals surface area contributed by atoms with Crippen LogP contribution in [0.5, 0.6) is 17.2 Å². The van der Waals surface area contributed by atoms with Gasteiger partial charge in [0, 0.05) is 19.7 Å². The molecule has 0 heterocycles. The summed E-state index contributed by atoms with van der Waals surface area (Å²) in [4.78, 5) is 12.9. The molecule has 10 heteroatoms. The second-order valence-electron chi connectivity index (χ2n) is 7.62. The van der Waals surface area contributed by atoms with Crippen molar-refractivity contribution in [3.8, 4) is 17.2 Å². The molecule has 2 rings (SSSR count). The zero-order valence-corrected chi connectivity index (χ0v) is 20.6. The fraction of sp³-hybridized carbons (Fsp3) is 0.409. The number of hydrogen-bond donors (Lipinski definition) is 1. The Morgan fingerprint density at radius 1 is 1.09 bits per heavy atom. The number of ether oxygens (including phenoxy) is 3. The summed E-state index contributed by atoms with van der Waals surface area (Å²) >= 11 is 6.36. The maximum Gasteiger partial charge on any atom is 0.255 e. The van der Waals surface area contributed by atoms with Crippen molar-refractivity contribution in [2.24, 2.45) is 5.92 Å². The number of sulfonamides is 1. The third-order valence-corrected chi connectivity index (χ3v) is 6.72. The standard InChI is InChI=1S/C22H29ClN2O6S/c1-14(2)9-10-31-21-17(23)11-15(12-20(21)30-6)22(26)24-18-13-16(7-8-19(18)29-5)32(27,28)25(3)4/h7-8,11-14H,9-10H2,1-6H3,(H,24,26). The molecule has 0 spiro atoms. The highest BCUT2D eigenvalue weighted by atomic mass is 35.5. The van der Waals surface area contributed by atoms with E-state index in [1.807, 2.05) is 0 Å². The lowest BCUT2D eigenvalue weighted by Crippen LogP contribution is -2.22. The molecule has 0 unspecified atom stereocenters. The normalized spacial score (nSPS) is 11.5. The third-order valence-electron chi connectivity index (χ3n) is 4.63. The number of amides is 1. The molecule has 0 aliphatic heterocycles. The number of methoxy groups -OCH3 is 2. The van der Waals surface area contributed by atoms with Crippen molar-refractivity contribution in [2.75, 3.05) is 40.2 Å². The fourth-order valence-electron chi connectivity index (χ4n) is 2.74. The van der Waals surface area contributed by atoms with Gasteiger partial charge in [-0.15, -0.1) is 0 Å². The van der Waals surface area contributed by atoms with E-state index in [4.69, 9.17) is 25.8 Å². The number of carbonyl (C=O) groups excluding carboxylic acids is 1. The molecule has 0 saturated heterocycles. The van der Waals surface area contributed by atoms with Crippen molar-refractivity contribution in [1.82, 2.24) is 4.31 Å². The molecule has 0 bridgehead atoms. The van der Waals surface area contributed by atoms with Gasteiger partial charge in [-0.25, -0.2) is 12.7 Å². The Bertz CT molecular complexity index is 1070. The first-order valence-electron chi connectivity index (χ1n) is 9.93. The van der Waals surface area contributed by atoms with Crippen molar-refractivity contribution < 1.29 is 27.4 Å². The van der Waals surface area contributed by atoms with Gasteiger partial charge < -0.3 is 19.5 Å². The molecule has 1 N–H and O–H groups in total. The van der Waals surface area contributed by atoms with E-state index in [2.05, 4.69) is 19.2 Å². The van der Waals surface area contributed by atoms with Crippen LogP contribution in [0.15, 0.2) is 35.2 Å². The fourth-order valence-corrected chi connectivity index (χ4v) is 3.93.